The molecule has 0 fully saturated rings. The van der Waals surface area contributed by atoms with E-state index >= 15 is 0 Å². The van der Waals surface area contributed by atoms with Crippen LogP contribution in [0.4, 0.5) is 0 Å². The molecule has 36 heavy (non-hydrogen) atoms. The van der Waals surface area contributed by atoms with Gasteiger partial charge in [-0.2, -0.15) is 0 Å². The first kappa shape index (κ1) is 26.2. The summed E-state index contributed by atoms with van der Waals surface area (Å²) < 4.78 is 6.10. The minimum Gasteiger partial charge on any atom is -0.491 e. The number of aryl methyl sites for hydroxylation is 1. The quantitative estimate of drug-likeness (QED) is 0.325. The number of carbonyl (C=O) groups is 2. The number of carbonyl (C=O) groups excluding carboxylic acids is 2. The lowest BCUT2D eigenvalue weighted by atomic mass is 10.00. The highest BCUT2D eigenvalue weighted by molar-refractivity contribution is 7.10. The van der Waals surface area contributed by atoms with E-state index in [9.17, 15) is 9.59 Å². The highest BCUT2D eigenvalue weighted by Crippen LogP contribution is 2.34. The average molecular weight is 525 g/mol. The van der Waals surface area contributed by atoms with E-state index in [2.05, 4.69) is 25.3 Å². The summed E-state index contributed by atoms with van der Waals surface area (Å²) >= 11 is 7.73. The molecule has 190 valence electrons. The molecule has 2 amide bonds. The van der Waals surface area contributed by atoms with Gasteiger partial charge in [-0.05, 0) is 72.2 Å². The molecule has 4 rings (SSSR count). The van der Waals surface area contributed by atoms with Crippen LogP contribution in [0.1, 0.15) is 52.7 Å². The Morgan fingerprint density at radius 2 is 1.92 bits per heavy atom. The minimum absolute atomic E-state index is 0.0500. The Morgan fingerprint density at radius 1 is 1.17 bits per heavy atom. The van der Waals surface area contributed by atoms with Gasteiger partial charge in [-0.3, -0.25) is 9.59 Å². The molecule has 0 saturated heterocycles. The molecule has 0 N–H and O–H groups in total. The third-order valence-electron chi connectivity index (χ3n) is 6.85. The number of hydrogen-bond acceptors (Lipinski definition) is 4. The first-order valence-corrected chi connectivity index (χ1v) is 13.7. The van der Waals surface area contributed by atoms with Crippen LogP contribution in [-0.4, -0.2) is 47.9 Å². The molecule has 0 aliphatic carbocycles. The smallest absolute Gasteiger partial charge is 0.254 e. The fourth-order valence-corrected chi connectivity index (χ4v) is 5.60. The molecule has 3 aromatic rings. The number of thiophene rings is 1. The standard InChI is InChI=1S/C29H33ClN2O3S/c1-4-20(2)17-31(29(34)24-8-6-5-7-21(24)3)18-28(33)32-15-13-27-25(14-16-36-27)26(32)19-35-23-11-9-22(30)10-12-23/h5-12,14,16,20,26H,4,13,15,17-19H2,1-3H3. The second kappa shape index (κ2) is 11.9. The van der Waals surface area contributed by atoms with Crippen molar-refractivity contribution < 1.29 is 14.3 Å². The molecule has 1 aliphatic heterocycles. The van der Waals surface area contributed by atoms with Gasteiger partial charge in [-0.1, -0.05) is 50.1 Å². The summed E-state index contributed by atoms with van der Waals surface area (Å²) in [5, 5.41) is 2.72. The van der Waals surface area contributed by atoms with Crippen LogP contribution < -0.4 is 4.74 Å². The van der Waals surface area contributed by atoms with Gasteiger partial charge in [0.2, 0.25) is 5.91 Å². The van der Waals surface area contributed by atoms with Crippen LogP contribution in [-0.2, 0) is 11.2 Å². The number of halogens is 1. The van der Waals surface area contributed by atoms with E-state index in [1.807, 2.05) is 48.2 Å². The number of ether oxygens (including phenoxy) is 1. The van der Waals surface area contributed by atoms with Gasteiger partial charge < -0.3 is 14.5 Å². The molecular weight excluding hydrogens is 492 g/mol. The fraction of sp³-hybridized carbons (Fsp3) is 0.379. The zero-order valence-corrected chi connectivity index (χ0v) is 22.6. The third kappa shape index (κ3) is 6.11. The number of fused-ring (bicyclic) bond motifs is 1. The van der Waals surface area contributed by atoms with E-state index in [1.54, 1.807) is 28.4 Å². The van der Waals surface area contributed by atoms with Gasteiger partial charge in [0.1, 0.15) is 18.9 Å². The van der Waals surface area contributed by atoms with Crippen LogP contribution in [0.5, 0.6) is 5.75 Å². The SMILES string of the molecule is CCC(C)CN(CC(=O)N1CCc2sccc2C1COc1ccc(Cl)cc1)C(=O)c1ccccc1C. The van der Waals surface area contributed by atoms with Crippen LogP contribution in [0.25, 0.3) is 0 Å². The summed E-state index contributed by atoms with van der Waals surface area (Å²) in [5.74, 6) is 0.854. The summed E-state index contributed by atoms with van der Waals surface area (Å²) in [6, 6.07) is 16.7. The van der Waals surface area contributed by atoms with Crippen molar-refractivity contribution in [2.45, 2.75) is 39.7 Å². The molecule has 0 radical (unpaired) electrons. The van der Waals surface area contributed by atoms with E-state index < -0.39 is 0 Å². The molecule has 0 spiro atoms. The van der Waals surface area contributed by atoms with E-state index in [1.165, 1.54) is 4.88 Å². The van der Waals surface area contributed by atoms with Crippen molar-refractivity contribution in [1.29, 1.82) is 0 Å². The molecule has 2 atom stereocenters. The van der Waals surface area contributed by atoms with E-state index in [0.29, 0.717) is 41.9 Å². The lowest BCUT2D eigenvalue weighted by Crippen LogP contribution is -2.48. The third-order valence-corrected chi connectivity index (χ3v) is 8.10. The predicted octanol–water partition coefficient (Wildman–Crippen LogP) is 6.40. The summed E-state index contributed by atoms with van der Waals surface area (Å²) in [6.45, 7) is 7.70. The number of rotatable bonds is 9. The van der Waals surface area contributed by atoms with Gasteiger partial charge in [0.25, 0.3) is 5.91 Å². The zero-order valence-electron chi connectivity index (χ0n) is 21.1. The molecule has 0 bridgehead atoms. The molecule has 5 nitrogen and oxygen atoms in total. The summed E-state index contributed by atoms with van der Waals surface area (Å²) in [7, 11) is 0. The first-order valence-electron chi connectivity index (χ1n) is 12.5. The highest BCUT2D eigenvalue weighted by atomic mass is 35.5. The molecule has 7 heteroatoms. The molecule has 2 aromatic carbocycles. The van der Waals surface area contributed by atoms with E-state index in [0.717, 1.165) is 24.0 Å². The molecule has 1 aliphatic rings. The van der Waals surface area contributed by atoms with Crippen LogP contribution in [0.2, 0.25) is 5.02 Å². The maximum absolute atomic E-state index is 13.8. The van der Waals surface area contributed by atoms with Crippen molar-refractivity contribution in [2.75, 3.05) is 26.2 Å². The van der Waals surface area contributed by atoms with Crippen molar-refractivity contribution in [3.8, 4) is 5.75 Å². The van der Waals surface area contributed by atoms with Crippen LogP contribution in [0, 0.1) is 12.8 Å². The van der Waals surface area contributed by atoms with Gasteiger partial charge in [0.15, 0.2) is 0 Å². The van der Waals surface area contributed by atoms with Crippen LogP contribution in [0.3, 0.4) is 0 Å². The van der Waals surface area contributed by atoms with Crippen LogP contribution >= 0.6 is 22.9 Å². The molecule has 1 aromatic heterocycles. The second-order valence-electron chi connectivity index (χ2n) is 9.43. The van der Waals surface area contributed by atoms with Crippen LogP contribution in [0.15, 0.2) is 60.0 Å². The average Bonchev–Trinajstić information content (AvgIpc) is 3.36. The van der Waals surface area contributed by atoms with Gasteiger partial charge in [0, 0.05) is 28.6 Å². The molecule has 2 unspecified atom stereocenters. The fourth-order valence-electron chi connectivity index (χ4n) is 4.54. The number of hydrogen-bond donors (Lipinski definition) is 0. The number of benzene rings is 2. The van der Waals surface area contributed by atoms with E-state index in [-0.39, 0.29) is 24.4 Å². The summed E-state index contributed by atoms with van der Waals surface area (Å²) in [6.07, 6.45) is 1.75. The molecular formula is C29H33ClN2O3S. The Labute approximate surface area is 222 Å². The Balaban J connectivity index is 1.55. The normalized spacial score (nSPS) is 15.8. The molecule has 0 saturated carbocycles. The van der Waals surface area contributed by atoms with Crippen molar-refractivity contribution in [3.63, 3.8) is 0 Å². The van der Waals surface area contributed by atoms with Gasteiger partial charge >= 0.3 is 0 Å². The van der Waals surface area contributed by atoms with Gasteiger partial charge in [0.05, 0.1) is 6.04 Å². The van der Waals surface area contributed by atoms with Crippen molar-refractivity contribution >= 4 is 34.8 Å². The summed E-state index contributed by atoms with van der Waals surface area (Å²) in [5.41, 5.74) is 2.70. The maximum Gasteiger partial charge on any atom is 0.254 e. The second-order valence-corrected chi connectivity index (χ2v) is 10.9. The lowest BCUT2D eigenvalue weighted by molar-refractivity contribution is -0.135. The lowest BCUT2D eigenvalue weighted by Gasteiger charge is -2.37. The predicted molar refractivity (Wildman–Crippen MR) is 146 cm³/mol. The van der Waals surface area contributed by atoms with Crippen molar-refractivity contribution in [2.24, 2.45) is 5.92 Å². The Kier molecular flexibility index (Phi) is 8.70. The van der Waals surface area contributed by atoms with Gasteiger partial charge in [-0.25, -0.2) is 0 Å². The summed E-state index contributed by atoms with van der Waals surface area (Å²) in [4.78, 5) is 32.2. The maximum atomic E-state index is 13.8. The Hall–Kier alpha value is -2.83. The van der Waals surface area contributed by atoms with Crippen molar-refractivity contribution in [3.05, 3.63) is 86.6 Å². The topological polar surface area (TPSA) is 49.9 Å². The number of nitrogens with zero attached hydrogens (tertiary/aromatic N) is 2. The van der Waals surface area contributed by atoms with Crippen molar-refractivity contribution in [1.82, 2.24) is 9.80 Å². The highest BCUT2D eigenvalue weighted by Gasteiger charge is 2.34. The minimum atomic E-state index is -0.206. The molecule has 2 heterocycles. The Bertz CT molecular complexity index is 1190. The largest absolute Gasteiger partial charge is 0.491 e. The first-order chi connectivity index (χ1) is 17.4. The van der Waals surface area contributed by atoms with Gasteiger partial charge in [-0.15, -0.1) is 11.3 Å². The van der Waals surface area contributed by atoms with E-state index in [4.69, 9.17) is 16.3 Å². The monoisotopic (exact) mass is 524 g/mol. The number of amides is 2. The Morgan fingerprint density at radius 3 is 2.64 bits per heavy atom. The zero-order chi connectivity index (χ0) is 25.7.